The number of hydrogen-bond donors (Lipinski definition) is 3. The van der Waals surface area contributed by atoms with Gasteiger partial charge in [-0.3, -0.25) is 0 Å². The van der Waals surface area contributed by atoms with E-state index in [4.69, 9.17) is 10.5 Å². The van der Waals surface area contributed by atoms with Crippen LogP contribution in [0.1, 0.15) is 33.1 Å². The van der Waals surface area contributed by atoms with Gasteiger partial charge in [-0.2, -0.15) is 13.1 Å². The van der Waals surface area contributed by atoms with Crippen molar-refractivity contribution in [2.45, 2.75) is 45.3 Å². The Bertz CT molecular complexity index is 383. The highest BCUT2D eigenvalue weighted by atomic mass is 32.2. The highest BCUT2D eigenvalue weighted by Crippen LogP contribution is 2.24. The van der Waals surface area contributed by atoms with E-state index in [0.29, 0.717) is 6.54 Å². The van der Waals surface area contributed by atoms with Crippen LogP contribution in [0, 0.1) is 5.92 Å². The van der Waals surface area contributed by atoms with Gasteiger partial charge in [-0.15, -0.1) is 0 Å². The molecule has 2 atom stereocenters. The van der Waals surface area contributed by atoms with Crippen LogP contribution < -0.4 is 15.2 Å². The first-order chi connectivity index (χ1) is 8.34. The van der Waals surface area contributed by atoms with Gasteiger partial charge in [0, 0.05) is 6.04 Å². The second-order valence-electron chi connectivity index (χ2n) is 4.71. The minimum absolute atomic E-state index is 0.127. The van der Waals surface area contributed by atoms with Crippen molar-refractivity contribution in [3.05, 3.63) is 0 Å². The fourth-order valence-corrected chi connectivity index (χ4v) is 3.09. The molecule has 1 rings (SSSR count). The van der Waals surface area contributed by atoms with Gasteiger partial charge in [-0.25, -0.2) is 9.52 Å². The van der Waals surface area contributed by atoms with Crippen LogP contribution in [-0.4, -0.2) is 33.2 Å². The normalized spacial score (nSPS) is 24.2. The largest absolute Gasteiger partial charge is 0.446 e. The Morgan fingerprint density at radius 2 is 2.11 bits per heavy atom. The standard InChI is InChI=1S/C10H21N3O4S/c1-7(2)17-10(14)13-18(15,16)12-9-5-3-4-8(9)6-11/h7-9,12H,3-6,11H2,1-2H3,(H,13,14). The Labute approximate surface area is 108 Å². The quantitative estimate of drug-likeness (QED) is 0.660. The number of nitrogens with two attached hydrogens (primary N) is 1. The number of nitrogens with one attached hydrogen (secondary N) is 2. The average molecular weight is 279 g/mol. The average Bonchev–Trinajstić information content (AvgIpc) is 2.61. The van der Waals surface area contributed by atoms with E-state index in [1.54, 1.807) is 13.8 Å². The smallest absolute Gasteiger partial charge is 0.422 e. The molecule has 1 aliphatic carbocycles. The number of hydrogen-bond acceptors (Lipinski definition) is 5. The lowest BCUT2D eigenvalue weighted by molar-refractivity contribution is 0.121. The van der Waals surface area contributed by atoms with Gasteiger partial charge in [0.15, 0.2) is 0 Å². The number of ether oxygens (including phenoxy) is 1. The first-order valence-corrected chi connectivity index (χ1v) is 7.53. The SMILES string of the molecule is CC(C)OC(=O)NS(=O)(=O)NC1CCCC1CN. The number of carbonyl (C=O) groups is 1. The molecule has 1 amide bonds. The van der Waals surface area contributed by atoms with Crippen molar-refractivity contribution in [1.29, 1.82) is 0 Å². The van der Waals surface area contributed by atoms with Crippen LogP contribution in [0.2, 0.25) is 0 Å². The van der Waals surface area contributed by atoms with Crippen molar-refractivity contribution < 1.29 is 17.9 Å². The van der Waals surface area contributed by atoms with Crippen molar-refractivity contribution in [3.8, 4) is 0 Å². The Morgan fingerprint density at radius 3 is 2.67 bits per heavy atom. The highest BCUT2D eigenvalue weighted by Gasteiger charge is 2.30. The summed E-state index contributed by atoms with van der Waals surface area (Å²) in [5, 5.41) is 0. The first-order valence-electron chi connectivity index (χ1n) is 6.05. The molecule has 8 heteroatoms. The fourth-order valence-electron chi connectivity index (χ4n) is 2.05. The molecule has 1 saturated carbocycles. The maximum Gasteiger partial charge on any atom is 0.422 e. The molecule has 0 radical (unpaired) electrons. The third-order valence-corrected chi connectivity index (χ3v) is 3.88. The van der Waals surface area contributed by atoms with E-state index < -0.39 is 16.3 Å². The summed E-state index contributed by atoms with van der Waals surface area (Å²) in [6, 6.07) is -0.209. The van der Waals surface area contributed by atoms with Crippen molar-refractivity contribution in [3.63, 3.8) is 0 Å². The minimum Gasteiger partial charge on any atom is -0.446 e. The molecule has 1 fully saturated rings. The van der Waals surface area contributed by atoms with Crippen LogP contribution in [0.5, 0.6) is 0 Å². The van der Waals surface area contributed by atoms with Gasteiger partial charge >= 0.3 is 16.3 Å². The number of rotatable bonds is 5. The second kappa shape index (κ2) is 6.35. The van der Waals surface area contributed by atoms with E-state index in [1.807, 2.05) is 4.72 Å². The van der Waals surface area contributed by atoms with Crippen LogP contribution in [-0.2, 0) is 14.9 Å². The molecule has 0 saturated heterocycles. The summed E-state index contributed by atoms with van der Waals surface area (Å²) in [5.74, 6) is 0.127. The van der Waals surface area contributed by atoms with Gasteiger partial charge in [-0.1, -0.05) is 6.42 Å². The van der Waals surface area contributed by atoms with Crippen LogP contribution in [0.25, 0.3) is 0 Å². The van der Waals surface area contributed by atoms with E-state index in [-0.39, 0.29) is 18.1 Å². The Kier molecular flexibility index (Phi) is 5.36. The van der Waals surface area contributed by atoms with Crippen molar-refractivity contribution in [1.82, 2.24) is 9.44 Å². The number of carbonyl (C=O) groups excluding carboxylic acids is 1. The lowest BCUT2D eigenvalue weighted by Crippen LogP contribution is -2.47. The van der Waals surface area contributed by atoms with E-state index in [0.717, 1.165) is 19.3 Å². The second-order valence-corrected chi connectivity index (χ2v) is 6.16. The summed E-state index contributed by atoms with van der Waals surface area (Å²) in [6.07, 6.45) is 1.23. The summed E-state index contributed by atoms with van der Waals surface area (Å²) in [6.45, 7) is 3.71. The van der Waals surface area contributed by atoms with Crippen molar-refractivity contribution in [2.24, 2.45) is 11.7 Å². The lowest BCUT2D eigenvalue weighted by Gasteiger charge is -2.19. The molecule has 0 aromatic rings. The Morgan fingerprint density at radius 1 is 1.44 bits per heavy atom. The molecule has 2 unspecified atom stereocenters. The van der Waals surface area contributed by atoms with E-state index in [9.17, 15) is 13.2 Å². The molecule has 0 aliphatic heterocycles. The molecule has 0 aromatic heterocycles. The van der Waals surface area contributed by atoms with Crippen molar-refractivity contribution in [2.75, 3.05) is 6.54 Å². The minimum atomic E-state index is -3.88. The van der Waals surface area contributed by atoms with Crippen LogP contribution in [0.4, 0.5) is 4.79 Å². The summed E-state index contributed by atoms with van der Waals surface area (Å²) < 4.78 is 32.3. The molecule has 0 aromatic carbocycles. The molecule has 0 bridgehead atoms. The van der Waals surface area contributed by atoms with Gasteiger partial charge in [-0.05, 0) is 39.2 Å². The molecule has 106 valence electrons. The van der Waals surface area contributed by atoms with Gasteiger partial charge in [0.1, 0.15) is 0 Å². The van der Waals surface area contributed by atoms with Crippen LogP contribution in [0.3, 0.4) is 0 Å². The van der Waals surface area contributed by atoms with E-state index in [2.05, 4.69) is 4.72 Å². The first kappa shape index (κ1) is 15.2. The Hall–Kier alpha value is -0.860. The Balaban J connectivity index is 2.51. The summed E-state index contributed by atoms with van der Waals surface area (Å²) in [4.78, 5) is 11.2. The predicted octanol–water partition coefficient (Wildman–Crippen LogP) is 0.0828. The summed E-state index contributed by atoms with van der Waals surface area (Å²) >= 11 is 0. The highest BCUT2D eigenvalue weighted by molar-refractivity contribution is 7.88. The van der Waals surface area contributed by atoms with Crippen LogP contribution in [0.15, 0.2) is 0 Å². The van der Waals surface area contributed by atoms with E-state index in [1.165, 1.54) is 0 Å². The molecule has 18 heavy (non-hydrogen) atoms. The topological polar surface area (TPSA) is 111 Å². The molecule has 0 heterocycles. The maximum atomic E-state index is 11.7. The molecule has 4 N–H and O–H groups in total. The third-order valence-electron chi connectivity index (χ3n) is 2.83. The van der Waals surface area contributed by atoms with Gasteiger partial charge < -0.3 is 10.5 Å². The monoisotopic (exact) mass is 279 g/mol. The van der Waals surface area contributed by atoms with Gasteiger partial charge in [0.05, 0.1) is 6.10 Å². The third kappa shape index (κ3) is 4.79. The predicted molar refractivity (Wildman–Crippen MR) is 67.0 cm³/mol. The number of amides is 1. The lowest BCUT2D eigenvalue weighted by atomic mass is 10.1. The molecular formula is C10H21N3O4S. The zero-order chi connectivity index (χ0) is 13.8. The van der Waals surface area contributed by atoms with Crippen molar-refractivity contribution >= 4 is 16.3 Å². The summed E-state index contributed by atoms with van der Waals surface area (Å²) in [7, 11) is -3.88. The molecule has 0 spiro atoms. The van der Waals surface area contributed by atoms with Crippen LogP contribution >= 0.6 is 0 Å². The van der Waals surface area contributed by atoms with Gasteiger partial charge in [0.25, 0.3) is 0 Å². The maximum absolute atomic E-state index is 11.7. The molecule has 1 aliphatic rings. The molecule has 7 nitrogen and oxygen atoms in total. The molecular weight excluding hydrogens is 258 g/mol. The van der Waals surface area contributed by atoms with Gasteiger partial charge in [0.2, 0.25) is 0 Å². The van der Waals surface area contributed by atoms with E-state index >= 15 is 0 Å². The zero-order valence-corrected chi connectivity index (χ0v) is 11.5. The fraction of sp³-hybridized carbons (Fsp3) is 0.900. The summed E-state index contributed by atoms with van der Waals surface area (Å²) in [5.41, 5.74) is 5.56. The zero-order valence-electron chi connectivity index (χ0n) is 10.7.